The Balaban J connectivity index is 1.54. The van der Waals surface area contributed by atoms with E-state index in [0.717, 1.165) is 41.4 Å². The monoisotopic (exact) mass is 410 g/mol. The standard InChI is InChI=1S/C24H18N4O3/c25-12-13-28-21(27-20-10-4-2-7-17(20)23(28)29)14-31-24(30)22-15-6-1-3-9-18(15)26-19-11-5-8-16(19)22/h1-4,6-7,9-10H,5,8,11,13-14H2. The van der Waals surface area contributed by atoms with Gasteiger partial charge in [0.1, 0.15) is 13.2 Å². The number of carbonyl (C=O) groups is 1. The molecule has 0 spiro atoms. The van der Waals surface area contributed by atoms with Crippen molar-refractivity contribution in [3.63, 3.8) is 0 Å². The topological polar surface area (TPSA) is 97.9 Å². The van der Waals surface area contributed by atoms with Gasteiger partial charge in [-0.25, -0.2) is 9.78 Å². The van der Waals surface area contributed by atoms with Gasteiger partial charge >= 0.3 is 5.97 Å². The SMILES string of the molecule is N#CCn1c(COC(=O)c2c3c(nc4ccccc24)CCC3)nc2ccccc2c1=O. The number of para-hydroxylation sites is 2. The van der Waals surface area contributed by atoms with Crippen LogP contribution in [0, 0.1) is 11.3 Å². The Morgan fingerprint density at radius 2 is 1.74 bits per heavy atom. The molecule has 0 radical (unpaired) electrons. The molecule has 0 atom stereocenters. The number of rotatable bonds is 4. The van der Waals surface area contributed by atoms with E-state index in [4.69, 9.17) is 15.0 Å². The molecule has 0 aliphatic heterocycles. The van der Waals surface area contributed by atoms with Gasteiger partial charge in [-0.05, 0) is 43.0 Å². The molecule has 2 aromatic heterocycles. The summed E-state index contributed by atoms with van der Waals surface area (Å²) in [6.45, 7) is -0.372. The van der Waals surface area contributed by atoms with Gasteiger partial charge in [-0.1, -0.05) is 30.3 Å². The van der Waals surface area contributed by atoms with E-state index < -0.39 is 5.97 Å². The van der Waals surface area contributed by atoms with Crippen LogP contribution in [-0.4, -0.2) is 20.5 Å². The lowest BCUT2D eigenvalue weighted by molar-refractivity contribution is 0.0458. The number of ether oxygens (including phenoxy) is 1. The van der Waals surface area contributed by atoms with Crippen LogP contribution >= 0.6 is 0 Å². The van der Waals surface area contributed by atoms with E-state index in [1.807, 2.05) is 30.3 Å². The highest BCUT2D eigenvalue weighted by Gasteiger charge is 2.25. The van der Waals surface area contributed by atoms with Gasteiger partial charge in [0.15, 0.2) is 5.82 Å². The van der Waals surface area contributed by atoms with Gasteiger partial charge in [-0.2, -0.15) is 5.26 Å². The molecular formula is C24H18N4O3. The zero-order chi connectivity index (χ0) is 21.4. The maximum atomic E-state index is 13.2. The predicted octanol–water partition coefficient (Wildman–Crippen LogP) is 3.31. The third kappa shape index (κ3) is 3.22. The van der Waals surface area contributed by atoms with Crippen molar-refractivity contribution < 1.29 is 9.53 Å². The average molecular weight is 410 g/mol. The van der Waals surface area contributed by atoms with Gasteiger partial charge in [0, 0.05) is 11.1 Å². The van der Waals surface area contributed by atoms with E-state index in [-0.39, 0.29) is 24.5 Å². The fraction of sp³-hybridized carbons (Fsp3) is 0.208. The lowest BCUT2D eigenvalue weighted by Gasteiger charge is -2.14. The Bertz CT molecular complexity index is 1450. The number of hydrogen-bond donors (Lipinski definition) is 0. The Hall–Kier alpha value is -4.05. The van der Waals surface area contributed by atoms with Crippen LogP contribution in [0.15, 0.2) is 53.3 Å². The number of hydrogen-bond acceptors (Lipinski definition) is 6. The third-order valence-electron chi connectivity index (χ3n) is 5.63. The van der Waals surface area contributed by atoms with Crippen LogP contribution in [0.5, 0.6) is 0 Å². The maximum absolute atomic E-state index is 13.2. The Labute approximate surface area is 177 Å². The number of fused-ring (bicyclic) bond motifs is 3. The predicted molar refractivity (Wildman–Crippen MR) is 115 cm³/mol. The van der Waals surface area contributed by atoms with E-state index in [2.05, 4.69) is 4.98 Å². The third-order valence-corrected chi connectivity index (χ3v) is 5.63. The van der Waals surface area contributed by atoms with Crippen molar-refractivity contribution in [3.8, 4) is 6.07 Å². The second-order valence-electron chi connectivity index (χ2n) is 7.45. The van der Waals surface area contributed by atoms with Crippen LogP contribution in [0.1, 0.15) is 33.9 Å². The summed E-state index contributed by atoms with van der Waals surface area (Å²) in [6, 6.07) is 16.4. The summed E-state index contributed by atoms with van der Waals surface area (Å²) in [5.41, 5.74) is 3.35. The van der Waals surface area contributed by atoms with E-state index in [1.54, 1.807) is 24.3 Å². The molecule has 7 heteroatoms. The van der Waals surface area contributed by atoms with Crippen LogP contribution in [0.3, 0.4) is 0 Å². The van der Waals surface area contributed by atoms with E-state index in [0.29, 0.717) is 16.5 Å². The fourth-order valence-corrected chi connectivity index (χ4v) is 4.20. The van der Waals surface area contributed by atoms with Crippen LogP contribution in [0.25, 0.3) is 21.8 Å². The molecule has 2 heterocycles. The number of nitriles is 1. The number of pyridine rings is 1. The molecule has 7 nitrogen and oxygen atoms in total. The van der Waals surface area contributed by atoms with Crippen molar-refractivity contribution in [3.05, 3.63) is 81.5 Å². The molecule has 0 fully saturated rings. The van der Waals surface area contributed by atoms with E-state index in [1.165, 1.54) is 4.57 Å². The molecule has 4 aromatic rings. The van der Waals surface area contributed by atoms with Crippen molar-refractivity contribution in [1.29, 1.82) is 5.26 Å². The molecule has 152 valence electrons. The maximum Gasteiger partial charge on any atom is 0.339 e. The van der Waals surface area contributed by atoms with Crippen molar-refractivity contribution in [1.82, 2.24) is 14.5 Å². The highest BCUT2D eigenvalue weighted by atomic mass is 16.5. The van der Waals surface area contributed by atoms with Crippen LogP contribution in [0.2, 0.25) is 0 Å². The number of aromatic nitrogens is 3. The molecule has 1 aliphatic rings. The fourth-order valence-electron chi connectivity index (χ4n) is 4.20. The molecule has 2 aromatic carbocycles. The summed E-state index contributed by atoms with van der Waals surface area (Å²) in [4.78, 5) is 35.2. The first-order valence-electron chi connectivity index (χ1n) is 10.1. The average Bonchev–Trinajstić information content (AvgIpc) is 3.26. The molecule has 31 heavy (non-hydrogen) atoms. The highest BCUT2D eigenvalue weighted by molar-refractivity contribution is 6.05. The number of aryl methyl sites for hydroxylation is 1. The summed E-state index contributed by atoms with van der Waals surface area (Å²) in [5.74, 6) is -0.226. The van der Waals surface area contributed by atoms with Crippen molar-refractivity contribution >= 4 is 27.8 Å². The number of nitrogens with zero attached hydrogens (tertiary/aromatic N) is 4. The zero-order valence-corrected chi connectivity index (χ0v) is 16.7. The zero-order valence-electron chi connectivity index (χ0n) is 16.7. The van der Waals surface area contributed by atoms with Crippen molar-refractivity contribution in [2.75, 3.05) is 0 Å². The first-order valence-corrected chi connectivity index (χ1v) is 10.1. The molecule has 5 rings (SSSR count). The summed E-state index contributed by atoms with van der Waals surface area (Å²) >= 11 is 0. The summed E-state index contributed by atoms with van der Waals surface area (Å²) in [5, 5.41) is 10.3. The second kappa shape index (κ2) is 7.65. The van der Waals surface area contributed by atoms with Crippen LogP contribution < -0.4 is 5.56 Å². The quantitative estimate of drug-likeness (QED) is 0.479. The lowest BCUT2D eigenvalue weighted by atomic mass is 10.0. The first kappa shape index (κ1) is 18.9. The molecule has 0 N–H and O–H groups in total. The summed E-state index contributed by atoms with van der Waals surface area (Å²) in [7, 11) is 0. The second-order valence-corrected chi connectivity index (χ2v) is 7.45. The lowest BCUT2D eigenvalue weighted by Crippen LogP contribution is -2.26. The summed E-state index contributed by atoms with van der Waals surface area (Å²) < 4.78 is 6.89. The Kier molecular flexibility index (Phi) is 4.68. The van der Waals surface area contributed by atoms with Crippen molar-refractivity contribution in [2.45, 2.75) is 32.4 Å². The van der Waals surface area contributed by atoms with Crippen LogP contribution in [-0.2, 0) is 30.7 Å². The molecule has 0 amide bonds. The number of benzene rings is 2. The van der Waals surface area contributed by atoms with Crippen LogP contribution in [0.4, 0.5) is 0 Å². The molecule has 1 aliphatic carbocycles. The van der Waals surface area contributed by atoms with E-state index >= 15 is 0 Å². The van der Waals surface area contributed by atoms with Gasteiger partial charge in [0.25, 0.3) is 5.56 Å². The highest BCUT2D eigenvalue weighted by Crippen LogP contribution is 2.30. The first-order chi connectivity index (χ1) is 15.2. The Morgan fingerprint density at radius 1 is 1.03 bits per heavy atom. The van der Waals surface area contributed by atoms with Gasteiger partial charge in [-0.3, -0.25) is 14.3 Å². The molecule has 0 saturated heterocycles. The number of esters is 1. The smallest absolute Gasteiger partial charge is 0.339 e. The summed E-state index contributed by atoms with van der Waals surface area (Å²) in [6.07, 6.45) is 2.58. The van der Waals surface area contributed by atoms with Gasteiger partial charge < -0.3 is 4.74 Å². The molecule has 0 unspecified atom stereocenters. The minimum absolute atomic E-state index is 0.170. The van der Waals surface area contributed by atoms with Gasteiger partial charge in [0.05, 0.1) is 28.1 Å². The molecular weight excluding hydrogens is 392 g/mol. The van der Waals surface area contributed by atoms with E-state index in [9.17, 15) is 9.59 Å². The minimum Gasteiger partial charge on any atom is -0.454 e. The minimum atomic E-state index is -0.470. The molecule has 0 bridgehead atoms. The molecule has 0 saturated carbocycles. The van der Waals surface area contributed by atoms with Gasteiger partial charge in [0.2, 0.25) is 0 Å². The Morgan fingerprint density at radius 3 is 2.52 bits per heavy atom. The van der Waals surface area contributed by atoms with Crippen molar-refractivity contribution in [2.24, 2.45) is 0 Å². The number of carbonyl (C=O) groups excluding carboxylic acids is 1. The normalized spacial score (nSPS) is 12.6. The largest absolute Gasteiger partial charge is 0.454 e. The van der Waals surface area contributed by atoms with Gasteiger partial charge in [-0.15, -0.1) is 0 Å².